The molecular weight excluding hydrogens is 198 g/mol. The van der Waals surface area contributed by atoms with E-state index < -0.39 is 0 Å². The molecule has 14 heavy (non-hydrogen) atoms. The lowest BCUT2D eigenvalue weighted by atomic mass is 10.3. The molecule has 1 aromatic heterocycles. The van der Waals surface area contributed by atoms with Crippen molar-refractivity contribution in [1.29, 1.82) is 0 Å². The highest BCUT2D eigenvalue weighted by Gasteiger charge is 2.16. The summed E-state index contributed by atoms with van der Waals surface area (Å²) in [6, 6.07) is 0. The number of hydrogen-bond donors (Lipinski definition) is 1. The first kappa shape index (κ1) is 9.61. The van der Waals surface area contributed by atoms with E-state index >= 15 is 0 Å². The van der Waals surface area contributed by atoms with Gasteiger partial charge >= 0.3 is 0 Å². The fraction of sp³-hybridized carbons (Fsp3) is 0.556. The van der Waals surface area contributed by atoms with Gasteiger partial charge in [0.25, 0.3) is 0 Å². The van der Waals surface area contributed by atoms with Crippen LogP contribution in [0.1, 0.15) is 11.3 Å². The van der Waals surface area contributed by atoms with Gasteiger partial charge < -0.3 is 10.2 Å². The highest BCUT2D eigenvalue weighted by Crippen LogP contribution is 2.10. The predicted octanol–water partition coefficient (Wildman–Crippen LogP) is 0.465. The van der Waals surface area contributed by atoms with Gasteiger partial charge in [-0.1, -0.05) is 0 Å². The molecule has 1 saturated heterocycles. The number of thiazole rings is 1. The monoisotopic (exact) mass is 211 g/mol. The molecule has 0 aliphatic carbocycles. The quantitative estimate of drug-likeness (QED) is 0.773. The van der Waals surface area contributed by atoms with Crippen LogP contribution in [-0.2, 0) is 11.3 Å². The summed E-state index contributed by atoms with van der Waals surface area (Å²) in [5, 5.41) is 3.10. The molecule has 5 heteroatoms. The molecule has 0 unspecified atom stereocenters. The van der Waals surface area contributed by atoms with E-state index in [9.17, 15) is 4.79 Å². The molecule has 2 heterocycles. The summed E-state index contributed by atoms with van der Waals surface area (Å²) in [6.45, 7) is 2.97. The maximum absolute atomic E-state index is 11.6. The van der Waals surface area contributed by atoms with Crippen LogP contribution in [0.2, 0.25) is 0 Å². The van der Waals surface area contributed by atoms with Gasteiger partial charge in [0.05, 0.1) is 18.6 Å². The lowest BCUT2D eigenvalue weighted by Crippen LogP contribution is -2.34. The zero-order chi connectivity index (χ0) is 9.80. The smallest absolute Gasteiger partial charge is 0.236 e. The molecule has 1 aromatic rings. The van der Waals surface area contributed by atoms with Crippen LogP contribution >= 0.6 is 11.3 Å². The topological polar surface area (TPSA) is 45.2 Å². The standard InChI is InChI=1S/C9H13N3OS/c13-9-5-10-2-1-3-12(9)6-8-4-11-7-14-8/h4,7,10H,1-3,5-6H2. The van der Waals surface area contributed by atoms with Crippen molar-refractivity contribution in [3.63, 3.8) is 0 Å². The van der Waals surface area contributed by atoms with Crippen molar-refractivity contribution in [2.45, 2.75) is 13.0 Å². The van der Waals surface area contributed by atoms with Gasteiger partial charge in [-0.05, 0) is 13.0 Å². The van der Waals surface area contributed by atoms with E-state index in [0.29, 0.717) is 13.1 Å². The van der Waals surface area contributed by atoms with Gasteiger partial charge in [-0.15, -0.1) is 11.3 Å². The molecule has 2 rings (SSSR count). The Morgan fingerprint density at radius 3 is 3.36 bits per heavy atom. The van der Waals surface area contributed by atoms with Crippen LogP contribution in [0.5, 0.6) is 0 Å². The van der Waals surface area contributed by atoms with E-state index in [1.807, 2.05) is 11.1 Å². The summed E-state index contributed by atoms with van der Waals surface area (Å²) in [5.74, 6) is 0.191. The zero-order valence-electron chi connectivity index (χ0n) is 7.90. The minimum atomic E-state index is 0.191. The number of rotatable bonds is 2. The summed E-state index contributed by atoms with van der Waals surface area (Å²) in [5.41, 5.74) is 1.80. The van der Waals surface area contributed by atoms with E-state index in [2.05, 4.69) is 10.3 Å². The molecule has 1 fully saturated rings. The van der Waals surface area contributed by atoms with Crippen LogP contribution in [0.25, 0.3) is 0 Å². The zero-order valence-corrected chi connectivity index (χ0v) is 8.72. The molecule has 0 radical (unpaired) electrons. The second-order valence-electron chi connectivity index (χ2n) is 3.31. The Hall–Kier alpha value is -0.940. The van der Waals surface area contributed by atoms with Gasteiger partial charge in [0.2, 0.25) is 5.91 Å². The normalized spacial score (nSPS) is 18.3. The van der Waals surface area contributed by atoms with Gasteiger partial charge in [-0.25, -0.2) is 0 Å². The first-order valence-corrected chi connectivity index (χ1v) is 5.60. The van der Waals surface area contributed by atoms with Crippen LogP contribution in [-0.4, -0.2) is 35.4 Å². The number of aromatic nitrogens is 1. The molecule has 1 N–H and O–H groups in total. The summed E-state index contributed by atoms with van der Waals surface area (Å²) < 4.78 is 0. The molecule has 1 aliphatic heterocycles. The van der Waals surface area contributed by atoms with Gasteiger partial charge in [0.1, 0.15) is 0 Å². The van der Waals surface area contributed by atoms with Crippen molar-refractivity contribution in [1.82, 2.24) is 15.2 Å². The average molecular weight is 211 g/mol. The molecular formula is C9H13N3OS. The average Bonchev–Trinajstić information content (AvgIpc) is 2.60. The maximum Gasteiger partial charge on any atom is 0.236 e. The van der Waals surface area contributed by atoms with Crippen LogP contribution in [0, 0.1) is 0 Å². The predicted molar refractivity (Wildman–Crippen MR) is 55.0 cm³/mol. The highest BCUT2D eigenvalue weighted by molar-refractivity contribution is 7.09. The lowest BCUT2D eigenvalue weighted by Gasteiger charge is -2.18. The van der Waals surface area contributed by atoms with Crippen molar-refractivity contribution in [3.8, 4) is 0 Å². The molecule has 4 nitrogen and oxygen atoms in total. The molecule has 1 amide bonds. The SMILES string of the molecule is O=C1CNCCCN1Cc1cncs1. The Labute approximate surface area is 86.9 Å². The minimum Gasteiger partial charge on any atom is -0.336 e. The second kappa shape index (κ2) is 4.52. The van der Waals surface area contributed by atoms with E-state index in [-0.39, 0.29) is 5.91 Å². The third-order valence-corrected chi connectivity index (χ3v) is 3.01. The fourth-order valence-electron chi connectivity index (χ4n) is 1.50. The minimum absolute atomic E-state index is 0.191. The van der Waals surface area contributed by atoms with Crippen molar-refractivity contribution < 1.29 is 4.79 Å². The first-order valence-electron chi connectivity index (χ1n) is 4.72. The summed E-state index contributed by atoms with van der Waals surface area (Å²) in [4.78, 5) is 18.6. The van der Waals surface area contributed by atoms with Crippen LogP contribution in [0.4, 0.5) is 0 Å². The van der Waals surface area contributed by atoms with E-state index in [1.54, 1.807) is 16.8 Å². The Morgan fingerprint density at radius 2 is 2.57 bits per heavy atom. The van der Waals surface area contributed by atoms with Gasteiger partial charge in [-0.2, -0.15) is 0 Å². The molecule has 0 aromatic carbocycles. The summed E-state index contributed by atoms with van der Waals surface area (Å²) in [7, 11) is 0. The van der Waals surface area contributed by atoms with E-state index in [0.717, 1.165) is 24.4 Å². The Balaban J connectivity index is 1.98. The molecule has 0 spiro atoms. The van der Waals surface area contributed by atoms with Crippen LogP contribution < -0.4 is 5.32 Å². The molecule has 76 valence electrons. The second-order valence-corrected chi connectivity index (χ2v) is 4.28. The molecule has 1 aliphatic rings. The number of carbonyl (C=O) groups is 1. The van der Waals surface area contributed by atoms with Crippen molar-refractivity contribution in [2.24, 2.45) is 0 Å². The largest absolute Gasteiger partial charge is 0.336 e. The summed E-state index contributed by atoms with van der Waals surface area (Å²) >= 11 is 1.60. The van der Waals surface area contributed by atoms with Crippen LogP contribution in [0.3, 0.4) is 0 Å². The van der Waals surface area contributed by atoms with Crippen molar-refractivity contribution in [2.75, 3.05) is 19.6 Å². The van der Waals surface area contributed by atoms with Crippen molar-refractivity contribution >= 4 is 17.2 Å². The van der Waals surface area contributed by atoms with Gasteiger partial charge in [0.15, 0.2) is 0 Å². The van der Waals surface area contributed by atoms with E-state index in [1.165, 1.54) is 0 Å². The Kier molecular flexibility index (Phi) is 3.10. The number of nitrogens with zero attached hydrogens (tertiary/aromatic N) is 2. The highest BCUT2D eigenvalue weighted by atomic mass is 32.1. The van der Waals surface area contributed by atoms with Crippen LogP contribution in [0.15, 0.2) is 11.7 Å². The van der Waals surface area contributed by atoms with Gasteiger partial charge in [0, 0.05) is 17.6 Å². The fourth-order valence-corrected chi connectivity index (χ4v) is 2.11. The first-order chi connectivity index (χ1) is 6.86. The third kappa shape index (κ3) is 2.30. The number of hydrogen-bond acceptors (Lipinski definition) is 4. The number of amides is 1. The number of nitrogens with one attached hydrogen (secondary N) is 1. The van der Waals surface area contributed by atoms with E-state index in [4.69, 9.17) is 0 Å². The molecule has 0 bridgehead atoms. The maximum atomic E-state index is 11.6. The molecule has 0 atom stereocenters. The van der Waals surface area contributed by atoms with Gasteiger partial charge in [-0.3, -0.25) is 9.78 Å². The Bertz CT molecular complexity index is 299. The number of carbonyl (C=O) groups excluding carboxylic acids is 1. The Morgan fingerprint density at radius 1 is 1.64 bits per heavy atom. The molecule has 0 saturated carbocycles. The van der Waals surface area contributed by atoms with Crippen molar-refractivity contribution in [3.05, 3.63) is 16.6 Å². The lowest BCUT2D eigenvalue weighted by molar-refractivity contribution is -0.130. The summed E-state index contributed by atoms with van der Waals surface area (Å²) in [6.07, 6.45) is 2.86. The third-order valence-electron chi connectivity index (χ3n) is 2.24.